The van der Waals surface area contributed by atoms with E-state index in [0.717, 1.165) is 24.7 Å². The monoisotopic (exact) mass is 195 g/mol. The highest BCUT2D eigenvalue weighted by molar-refractivity contribution is 7.12. The quantitative estimate of drug-likeness (QED) is 0.685. The predicted molar refractivity (Wildman–Crippen MR) is 50.4 cm³/mol. The highest BCUT2D eigenvalue weighted by atomic mass is 32.1. The van der Waals surface area contributed by atoms with Gasteiger partial charge in [0.05, 0.1) is 10.4 Å². The summed E-state index contributed by atoms with van der Waals surface area (Å²) in [6.07, 6.45) is 2.57. The lowest BCUT2D eigenvalue weighted by Crippen LogP contribution is -2.22. The summed E-state index contributed by atoms with van der Waals surface area (Å²) >= 11 is 1.35. The highest BCUT2D eigenvalue weighted by Crippen LogP contribution is 2.23. The van der Waals surface area contributed by atoms with Gasteiger partial charge < -0.3 is 5.32 Å². The fourth-order valence-corrected chi connectivity index (χ4v) is 2.41. The van der Waals surface area contributed by atoms with Crippen molar-refractivity contribution >= 4 is 23.5 Å². The van der Waals surface area contributed by atoms with Crippen LogP contribution < -0.4 is 5.32 Å². The van der Waals surface area contributed by atoms with E-state index in [0.29, 0.717) is 17.0 Å². The first-order chi connectivity index (χ1) is 6.33. The van der Waals surface area contributed by atoms with Crippen LogP contribution in [0.3, 0.4) is 0 Å². The maximum atomic E-state index is 11.4. The number of hydrogen-bond donors (Lipinski definition) is 1. The molecular weight excluding hydrogens is 186 g/mol. The minimum Gasteiger partial charge on any atom is -0.352 e. The van der Waals surface area contributed by atoms with Crippen LogP contribution in [-0.2, 0) is 6.42 Å². The van der Waals surface area contributed by atoms with Crippen LogP contribution in [0.2, 0.25) is 0 Å². The van der Waals surface area contributed by atoms with Crippen molar-refractivity contribution in [3.63, 3.8) is 0 Å². The molecule has 1 aromatic rings. The second-order valence-electron chi connectivity index (χ2n) is 2.97. The first-order valence-corrected chi connectivity index (χ1v) is 5.04. The van der Waals surface area contributed by atoms with Crippen molar-refractivity contribution in [2.75, 3.05) is 6.54 Å². The lowest BCUT2D eigenvalue weighted by Gasteiger charge is -1.96. The third-order valence-electron chi connectivity index (χ3n) is 2.17. The Kier molecular flexibility index (Phi) is 2.14. The fourth-order valence-electron chi connectivity index (χ4n) is 1.51. The van der Waals surface area contributed by atoms with Crippen LogP contribution in [0.1, 0.15) is 32.0 Å². The van der Waals surface area contributed by atoms with Crippen molar-refractivity contribution in [2.45, 2.75) is 12.8 Å². The topological polar surface area (TPSA) is 46.2 Å². The molecule has 1 aliphatic heterocycles. The summed E-state index contributed by atoms with van der Waals surface area (Å²) in [5, 5.41) is 4.55. The van der Waals surface area contributed by atoms with E-state index < -0.39 is 0 Å². The molecule has 0 saturated heterocycles. The van der Waals surface area contributed by atoms with Gasteiger partial charge in [-0.2, -0.15) is 0 Å². The molecule has 1 N–H and O–H groups in total. The van der Waals surface area contributed by atoms with Gasteiger partial charge in [0.25, 0.3) is 5.91 Å². The number of aldehydes is 1. The molecule has 2 heterocycles. The molecule has 0 saturated carbocycles. The van der Waals surface area contributed by atoms with E-state index in [9.17, 15) is 9.59 Å². The summed E-state index contributed by atoms with van der Waals surface area (Å²) < 4.78 is 0. The summed E-state index contributed by atoms with van der Waals surface area (Å²) in [5.41, 5.74) is 1.61. The van der Waals surface area contributed by atoms with Crippen LogP contribution in [0, 0.1) is 0 Å². The third kappa shape index (κ3) is 1.37. The molecule has 3 nitrogen and oxygen atoms in total. The van der Waals surface area contributed by atoms with Gasteiger partial charge in [0.1, 0.15) is 0 Å². The zero-order chi connectivity index (χ0) is 9.26. The Morgan fingerprint density at radius 3 is 3.15 bits per heavy atom. The van der Waals surface area contributed by atoms with E-state index in [4.69, 9.17) is 0 Å². The van der Waals surface area contributed by atoms with E-state index in [1.165, 1.54) is 11.3 Å². The molecule has 0 unspecified atom stereocenters. The Balaban J connectivity index is 2.49. The third-order valence-corrected chi connectivity index (χ3v) is 3.12. The number of carbonyl (C=O) groups excluding carboxylic acids is 2. The smallest absolute Gasteiger partial charge is 0.252 e. The van der Waals surface area contributed by atoms with Crippen molar-refractivity contribution in [3.05, 3.63) is 21.4 Å². The lowest BCUT2D eigenvalue weighted by atomic mass is 10.1. The van der Waals surface area contributed by atoms with E-state index in [-0.39, 0.29) is 5.91 Å². The van der Waals surface area contributed by atoms with Crippen LogP contribution in [-0.4, -0.2) is 18.7 Å². The molecule has 0 spiro atoms. The molecule has 2 rings (SSSR count). The van der Waals surface area contributed by atoms with E-state index in [2.05, 4.69) is 5.32 Å². The Morgan fingerprint density at radius 2 is 2.38 bits per heavy atom. The maximum absolute atomic E-state index is 11.4. The van der Waals surface area contributed by atoms with Crippen LogP contribution in [0.15, 0.2) is 5.38 Å². The summed E-state index contributed by atoms with van der Waals surface area (Å²) in [4.78, 5) is 22.8. The first-order valence-electron chi connectivity index (χ1n) is 4.16. The zero-order valence-electron chi connectivity index (χ0n) is 7.00. The minimum absolute atomic E-state index is 0.0446. The normalized spacial score (nSPS) is 15.8. The van der Waals surface area contributed by atoms with Crippen molar-refractivity contribution < 1.29 is 9.59 Å². The largest absolute Gasteiger partial charge is 0.352 e. The Morgan fingerprint density at radius 1 is 1.54 bits per heavy atom. The number of nitrogens with one attached hydrogen (secondary N) is 1. The SMILES string of the molecule is O=Cc1scc2c1CCCNC2=O. The molecule has 0 atom stereocenters. The molecule has 1 amide bonds. The van der Waals surface area contributed by atoms with Crippen LogP contribution in [0.25, 0.3) is 0 Å². The van der Waals surface area contributed by atoms with Gasteiger partial charge >= 0.3 is 0 Å². The number of amides is 1. The Labute approximate surface area is 79.8 Å². The molecule has 0 aliphatic carbocycles. The molecule has 13 heavy (non-hydrogen) atoms. The minimum atomic E-state index is -0.0446. The van der Waals surface area contributed by atoms with Gasteiger partial charge in [-0.15, -0.1) is 11.3 Å². The number of rotatable bonds is 1. The molecule has 0 fully saturated rings. The molecule has 0 aromatic carbocycles. The number of carbonyl (C=O) groups is 2. The molecule has 1 aromatic heterocycles. The summed E-state index contributed by atoms with van der Waals surface area (Å²) in [7, 11) is 0. The maximum Gasteiger partial charge on any atom is 0.252 e. The van der Waals surface area contributed by atoms with Gasteiger partial charge in [0.15, 0.2) is 6.29 Å². The number of fused-ring (bicyclic) bond motifs is 1. The van der Waals surface area contributed by atoms with E-state index >= 15 is 0 Å². The van der Waals surface area contributed by atoms with Gasteiger partial charge in [-0.05, 0) is 18.4 Å². The van der Waals surface area contributed by atoms with Gasteiger partial charge in [-0.1, -0.05) is 0 Å². The molecule has 0 radical (unpaired) electrons. The summed E-state index contributed by atoms with van der Waals surface area (Å²) in [5.74, 6) is -0.0446. The van der Waals surface area contributed by atoms with Crippen molar-refractivity contribution in [2.24, 2.45) is 0 Å². The van der Waals surface area contributed by atoms with Gasteiger partial charge in [-0.3, -0.25) is 9.59 Å². The van der Waals surface area contributed by atoms with E-state index in [1.807, 2.05) is 0 Å². The van der Waals surface area contributed by atoms with Gasteiger partial charge in [-0.25, -0.2) is 0 Å². The highest BCUT2D eigenvalue weighted by Gasteiger charge is 2.19. The molecule has 4 heteroatoms. The average Bonchev–Trinajstić information content (AvgIpc) is 2.47. The molecular formula is C9H9NO2S. The summed E-state index contributed by atoms with van der Waals surface area (Å²) in [6.45, 7) is 0.705. The average molecular weight is 195 g/mol. The number of thiophene rings is 1. The Bertz CT molecular complexity index is 356. The zero-order valence-corrected chi connectivity index (χ0v) is 7.82. The lowest BCUT2D eigenvalue weighted by molar-refractivity contribution is 0.0956. The first kappa shape index (κ1) is 8.44. The van der Waals surface area contributed by atoms with Crippen molar-refractivity contribution in [1.82, 2.24) is 5.32 Å². The molecule has 68 valence electrons. The summed E-state index contributed by atoms with van der Waals surface area (Å²) in [6, 6.07) is 0. The number of hydrogen-bond acceptors (Lipinski definition) is 3. The van der Waals surface area contributed by atoms with Crippen molar-refractivity contribution in [3.8, 4) is 0 Å². The Hall–Kier alpha value is -1.16. The standard InChI is InChI=1S/C9H9NO2S/c11-4-8-6-2-1-3-10-9(12)7(6)5-13-8/h4-5H,1-3H2,(H,10,12). The van der Waals surface area contributed by atoms with Crippen molar-refractivity contribution in [1.29, 1.82) is 0 Å². The predicted octanol–water partition coefficient (Wildman–Crippen LogP) is 1.24. The van der Waals surface area contributed by atoms with Crippen LogP contribution in [0.5, 0.6) is 0 Å². The van der Waals surface area contributed by atoms with Crippen LogP contribution in [0.4, 0.5) is 0 Å². The van der Waals surface area contributed by atoms with Gasteiger partial charge in [0.2, 0.25) is 0 Å². The second-order valence-corrected chi connectivity index (χ2v) is 3.88. The molecule has 1 aliphatic rings. The second kappa shape index (κ2) is 3.30. The van der Waals surface area contributed by atoms with E-state index in [1.54, 1.807) is 5.38 Å². The molecule has 0 bridgehead atoms. The van der Waals surface area contributed by atoms with Gasteiger partial charge in [0, 0.05) is 11.9 Å². The van der Waals surface area contributed by atoms with Crippen LogP contribution >= 0.6 is 11.3 Å². The fraction of sp³-hybridized carbons (Fsp3) is 0.333.